The molecule has 3 aromatic carbocycles. The topological polar surface area (TPSA) is 128 Å². The molecular formula is C20H15F2N3O6S. The van der Waals surface area contributed by atoms with Crippen LogP contribution >= 0.6 is 0 Å². The number of amides is 1. The number of rotatable bonds is 7. The summed E-state index contributed by atoms with van der Waals surface area (Å²) in [6.45, 7) is 0. The molecule has 166 valence electrons. The average Bonchev–Trinajstić information content (AvgIpc) is 2.75. The fourth-order valence-electron chi connectivity index (χ4n) is 2.66. The summed E-state index contributed by atoms with van der Waals surface area (Å²) in [7, 11) is -2.85. The third kappa shape index (κ3) is 4.98. The fraction of sp³-hybridized carbons (Fsp3) is 0.0500. The minimum absolute atomic E-state index is 0.0334. The Hall–Kier alpha value is -4.06. The molecule has 0 aliphatic rings. The van der Waals surface area contributed by atoms with Gasteiger partial charge in [0.25, 0.3) is 21.6 Å². The second-order valence-corrected chi connectivity index (χ2v) is 8.04. The molecule has 9 nitrogen and oxygen atoms in total. The highest BCUT2D eigenvalue weighted by Gasteiger charge is 2.19. The molecule has 0 saturated carbocycles. The van der Waals surface area contributed by atoms with Crippen LogP contribution in [0.3, 0.4) is 0 Å². The number of hydrogen-bond acceptors (Lipinski definition) is 6. The predicted octanol–water partition coefficient (Wildman–Crippen LogP) is 3.93. The first-order valence-electron chi connectivity index (χ1n) is 8.82. The van der Waals surface area contributed by atoms with Gasteiger partial charge in [0.1, 0.15) is 5.75 Å². The molecule has 0 saturated heterocycles. The van der Waals surface area contributed by atoms with E-state index in [1.54, 1.807) is 0 Å². The average molecular weight is 463 g/mol. The summed E-state index contributed by atoms with van der Waals surface area (Å²) in [6.07, 6.45) is 0. The molecule has 0 atom stereocenters. The summed E-state index contributed by atoms with van der Waals surface area (Å²) in [5.74, 6) is -2.92. The number of hydrogen-bond donors (Lipinski definition) is 2. The Morgan fingerprint density at radius 1 is 1.00 bits per heavy atom. The third-order valence-electron chi connectivity index (χ3n) is 4.24. The Kier molecular flexibility index (Phi) is 6.35. The van der Waals surface area contributed by atoms with Gasteiger partial charge in [-0.25, -0.2) is 17.2 Å². The normalized spacial score (nSPS) is 11.0. The molecule has 0 heterocycles. The van der Waals surface area contributed by atoms with Gasteiger partial charge in [0, 0.05) is 23.4 Å². The molecule has 12 heteroatoms. The quantitative estimate of drug-likeness (QED) is 0.404. The predicted molar refractivity (Wildman–Crippen MR) is 111 cm³/mol. The number of methoxy groups -OCH3 is 1. The van der Waals surface area contributed by atoms with E-state index in [0.717, 1.165) is 42.5 Å². The van der Waals surface area contributed by atoms with Crippen LogP contribution in [0, 0.1) is 21.7 Å². The SMILES string of the molecule is COc1ccc(NC(=O)c2ccc(F)c(F)c2)cc1NS(=O)(=O)c1ccc([N+](=O)[O-])cc1. The van der Waals surface area contributed by atoms with Crippen molar-refractivity contribution < 1.29 is 31.7 Å². The zero-order valence-corrected chi connectivity index (χ0v) is 17.2. The van der Waals surface area contributed by atoms with Gasteiger partial charge >= 0.3 is 0 Å². The lowest BCUT2D eigenvalue weighted by Gasteiger charge is -2.14. The van der Waals surface area contributed by atoms with Gasteiger partial charge in [0.15, 0.2) is 11.6 Å². The molecule has 1 amide bonds. The fourth-order valence-corrected chi connectivity index (χ4v) is 3.72. The molecule has 3 rings (SSSR count). The van der Waals surface area contributed by atoms with Gasteiger partial charge < -0.3 is 10.1 Å². The molecule has 0 fully saturated rings. The number of ether oxygens (including phenoxy) is 1. The maximum Gasteiger partial charge on any atom is 0.269 e. The maximum absolute atomic E-state index is 13.4. The first-order chi connectivity index (χ1) is 15.1. The van der Waals surface area contributed by atoms with Gasteiger partial charge in [-0.15, -0.1) is 0 Å². The molecule has 0 radical (unpaired) electrons. The molecule has 2 N–H and O–H groups in total. The van der Waals surface area contributed by atoms with Crippen LogP contribution in [0.4, 0.5) is 25.8 Å². The smallest absolute Gasteiger partial charge is 0.269 e. The molecule has 32 heavy (non-hydrogen) atoms. The van der Waals surface area contributed by atoms with Crippen LogP contribution in [0.5, 0.6) is 5.75 Å². The number of non-ortho nitro benzene ring substituents is 1. The van der Waals surface area contributed by atoms with Crippen LogP contribution in [0.25, 0.3) is 0 Å². The maximum atomic E-state index is 13.4. The van der Waals surface area contributed by atoms with Crippen molar-refractivity contribution in [2.45, 2.75) is 4.90 Å². The molecule has 0 bridgehead atoms. The number of nitrogens with zero attached hydrogens (tertiary/aromatic N) is 1. The van der Waals surface area contributed by atoms with E-state index in [9.17, 15) is 32.1 Å². The van der Waals surface area contributed by atoms with Crippen molar-refractivity contribution in [1.82, 2.24) is 0 Å². The number of carbonyl (C=O) groups excluding carboxylic acids is 1. The first-order valence-corrected chi connectivity index (χ1v) is 10.3. The van der Waals surface area contributed by atoms with E-state index in [1.807, 2.05) is 0 Å². The Balaban J connectivity index is 1.86. The van der Waals surface area contributed by atoms with Crippen LogP contribution in [0.2, 0.25) is 0 Å². The van der Waals surface area contributed by atoms with Gasteiger partial charge in [0.05, 0.1) is 22.6 Å². The largest absolute Gasteiger partial charge is 0.495 e. The van der Waals surface area contributed by atoms with Crippen LogP contribution in [-0.2, 0) is 10.0 Å². The van der Waals surface area contributed by atoms with Gasteiger partial charge in [-0.1, -0.05) is 0 Å². The molecule has 0 spiro atoms. The minimum atomic E-state index is -4.15. The summed E-state index contributed by atoms with van der Waals surface area (Å²) >= 11 is 0. The van der Waals surface area contributed by atoms with Gasteiger partial charge in [-0.3, -0.25) is 19.6 Å². The number of halogens is 2. The minimum Gasteiger partial charge on any atom is -0.495 e. The summed E-state index contributed by atoms with van der Waals surface area (Å²) in [5, 5.41) is 13.2. The van der Waals surface area contributed by atoms with Crippen LogP contribution in [0.15, 0.2) is 65.6 Å². The van der Waals surface area contributed by atoms with E-state index in [-0.39, 0.29) is 33.3 Å². The van der Waals surface area contributed by atoms with Crippen LogP contribution in [0.1, 0.15) is 10.4 Å². The van der Waals surface area contributed by atoms with Gasteiger partial charge in [0.2, 0.25) is 0 Å². The monoisotopic (exact) mass is 463 g/mol. The van der Waals surface area contributed by atoms with Crippen molar-refractivity contribution in [3.8, 4) is 5.75 Å². The highest BCUT2D eigenvalue weighted by molar-refractivity contribution is 7.92. The number of carbonyl (C=O) groups is 1. The molecule has 0 aliphatic carbocycles. The molecule has 0 aromatic heterocycles. The highest BCUT2D eigenvalue weighted by Crippen LogP contribution is 2.30. The van der Waals surface area contributed by atoms with Gasteiger partial charge in [-0.2, -0.15) is 0 Å². The zero-order valence-electron chi connectivity index (χ0n) is 16.3. The summed E-state index contributed by atoms with van der Waals surface area (Å²) in [5.41, 5.74) is -0.313. The Labute approximate surface area is 180 Å². The van der Waals surface area contributed by atoms with Crippen molar-refractivity contribution in [3.63, 3.8) is 0 Å². The second-order valence-electron chi connectivity index (χ2n) is 6.35. The van der Waals surface area contributed by atoms with E-state index in [4.69, 9.17) is 4.74 Å². The van der Waals surface area contributed by atoms with Crippen LogP contribution < -0.4 is 14.8 Å². The lowest BCUT2D eigenvalue weighted by atomic mass is 10.2. The van der Waals surface area contributed by atoms with Crippen molar-refractivity contribution in [1.29, 1.82) is 0 Å². The van der Waals surface area contributed by atoms with Crippen molar-refractivity contribution >= 4 is 33.0 Å². The summed E-state index contributed by atoms with van der Waals surface area (Å²) in [6, 6.07) is 10.9. The Morgan fingerprint density at radius 3 is 2.28 bits per heavy atom. The number of nitro benzene ring substituents is 1. The highest BCUT2D eigenvalue weighted by atomic mass is 32.2. The van der Waals surface area contributed by atoms with Crippen molar-refractivity contribution in [2.75, 3.05) is 17.1 Å². The Morgan fingerprint density at radius 2 is 1.69 bits per heavy atom. The van der Waals surface area contributed by atoms with E-state index in [1.165, 1.54) is 25.3 Å². The number of anilines is 2. The lowest BCUT2D eigenvalue weighted by Crippen LogP contribution is -2.15. The molecule has 0 aliphatic heterocycles. The van der Waals surface area contributed by atoms with E-state index >= 15 is 0 Å². The van der Waals surface area contributed by atoms with E-state index in [2.05, 4.69) is 10.0 Å². The van der Waals surface area contributed by atoms with Crippen LogP contribution in [-0.4, -0.2) is 26.4 Å². The third-order valence-corrected chi connectivity index (χ3v) is 5.62. The number of sulfonamides is 1. The molecule has 3 aromatic rings. The van der Waals surface area contributed by atoms with Crippen molar-refractivity contribution in [3.05, 3.63) is 88.0 Å². The summed E-state index contributed by atoms with van der Waals surface area (Å²) < 4.78 is 59.2. The van der Waals surface area contributed by atoms with E-state index < -0.39 is 32.5 Å². The number of nitrogens with one attached hydrogen (secondary N) is 2. The standard InChI is InChI=1S/C20H15F2N3O6S/c1-31-19-9-3-13(23-20(26)12-2-8-16(21)17(22)10-12)11-18(19)24-32(29,30)15-6-4-14(5-7-15)25(27)28/h2-11,24H,1H3,(H,23,26). The summed E-state index contributed by atoms with van der Waals surface area (Å²) in [4.78, 5) is 22.2. The zero-order chi connectivity index (χ0) is 23.5. The lowest BCUT2D eigenvalue weighted by molar-refractivity contribution is -0.384. The first kappa shape index (κ1) is 22.6. The number of nitro groups is 1. The van der Waals surface area contributed by atoms with E-state index in [0.29, 0.717) is 0 Å². The second kappa shape index (κ2) is 8.98. The molecule has 0 unspecified atom stereocenters. The van der Waals surface area contributed by atoms with Crippen molar-refractivity contribution in [2.24, 2.45) is 0 Å². The molecular weight excluding hydrogens is 448 g/mol. The number of benzene rings is 3. The Bertz CT molecular complexity index is 1300. The van der Waals surface area contributed by atoms with Gasteiger partial charge in [-0.05, 0) is 48.5 Å².